The summed E-state index contributed by atoms with van der Waals surface area (Å²) >= 11 is 6.18. The average molecular weight is 355 g/mol. The van der Waals surface area contributed by atoms with Gasteiger partial charge in [-0.05, 0) is 11.6 Å². The fourth-order valence-electron chi connectivity index (χ4n) is 2.95. The van der Waals surface area contributed by atoms with Crippen molar-refractivity contribution in [3.05, 3.63) is 69.4 Å². The molecule has 0 unspecified atom stereocenters. The fourth-order valence-corrected chi connectivity index (χ4v) is 3.13. The van der Waals surface area contributed by atoms with E-state index >= 15 is 0 Å². The maximum absolute atomic E-state index is 12.5. The average Bonchev–Trinajstić information content (AvgIpc) is 2.65. The Morgan fingerprint density at radius 3 is 2.84 bits per heavy atom. The highest BCUT2D eigenvalue weighted by Crippen LogP contribution is 2.21. The van der Waals surface area contributed by atoms with Gasteiger partial charge in [0.05, 0.1) is 21.8 Å². The lowest BCUT2D eigenvalue weighted by Crippen LogP contribution is -2.35. The van der Waals surface area contributed by atoms with E-state index in [0.29, 0.717) is 41.5 Å². The highest BCUT2D eigenvalue weighted by atomic mass is 35.5. The van der Waals surface area contributed by atoms with Crippen molar-refractivity contribution in [2.75, 3.05) is 6.54 Å². The first-order chi connectivity index (χ1) is 12.2. The van der Waals surface area contributed by atoms with Gasteiger partial charge in [0.2, 0.25) is 0 Å². The summed E-state index contributed by atoms with van der Waals surface area (Å²) in [6.07, 6.45) is 8.79. The molecule has 0 amide bonds. The summed E-state index contributed by atoms with van der Waals surface area (Å²) in [6.45, 7) is 2.03. The molecule has 4 rings (SSSR count). The summed E-state index contributed by atoms with van der Waals surface area (Å²) in [7, 11) is 0. The summed E-state index contributed by atoms with van der Waals surface area (Å²) in [5.74, 6) is 0.509. The van der Waals surface area contributed by atoms with E-state index in [0.717, 1.165) is 17.8 Å². The molecule has 1 N–H and O–H groups in total. The van der Waals surface area contributed by atoms with Crippen LogP contribution in [0.15, 0.2) is 42.0 Å². The maximum Gasteiger partial charge on any atom is 0.255 e. The standard InChI is InChI=1S/C17H15ClN6O/c18-14-7-19-3-1-11(14)8-24-4-2-15-13(9-24)17(25)23-16(22-15)12-5-20-10-21-6-12/h1,3,5-7,10H,2,4,8-9H2,(H,22,23,25). The van der Waals surface area contributed by atoms with Crippen LogP contribution in [0.2, 0.25) is 5.02 Å². The maximum atomic E-state index is 12.5. The van der Waals surface area contributed by atoms with Crippen molar-refractivity contribution < 1.29 is 0 Å². The lowest BCUT2D eigenvalue weighted by Gasteiger charge is -2.27. The summed E-state index contributed by atoms with van der Waals surface area (Å²) in [5.41, 5.74) is 3.13. The highest BCUT2D eigenvalue weighted by molar-refractivity contribution is 6.31. The number of aromatic nitrogens is 5. The van der Waals surface area contributed by atoms with Crippen molar-refractivity contribution in [2.24, 2.45) is 0 Å². The number of aromatic amines is 1. The smallest absolute Gasteiger partial charge is 0.255 e. The van der Waals surface area contributed by atoms with Gasteiger partial charge in [-0.3, -0.25) is 14.7 Å². The van der Waals surface area contributed by atoms with E-state index in [9.17, 15) is 4.79 Å². The molecule has 7 nitrogen and oxygen atoms in total. The minimum Gasteiger partial charge on any atom is -0.306 e. The van der Waals surface area contributed by atoms with Crippen molar-refractivity contribution in [3.63, 3.8) is 0 Å². The lowest BCUT2D eigenvalue weighted by atomic mass is 10.1. The molecule has 0 atom stereocenters. The fraction of sp³-hybridized carbons (Fsp3) is 0.235. The molecule has 4 heterocycles. The number of nitrogens with zero attached hydrogens (tertiary/aromatic N) is 5. The van der Waals surface area contributed by atoms with Crippen molar-refractivity contribution in [3.8, 4) is 11.4 Å². The molecule has 25 heavy (non-hydrogen) atoms. The molecule has 126 valence electrons. The molecule has 1 aliphatic rings. The minimum atomic E-state index is -0.116. The number of nitrogens with one attached hydrogen (secondary N) is 1. The number of halogens is 1. The molecule has 0 saturated heterocycles. The Balaban J connectivity index is 1.60. The monoisotopic (exact) mass is 354 g/mol. The second-order valence-corrected chi connectivity index (χ2v) is 6.30. The molecule has 1 aliphatic heterocycles. The molecule has 0 aliphatic carbocycles. The van der Waals surface area contributed by atoms with E-state index in [1.54, 1.807) is 24.8 Å². The van der Waals surface area contributed by atoms with E-state index < -0.39 is 0 Å². The molecule has 0 aromatic carbocycles. The zero-order valence-electron chi connectivity index (χ0n) is 13.3. The van der Waals surface area contributed by atoms with Crippen molar-refractivity contribution >= 4 is 11.6 Å². The van der Waals surface area contributed by atoms with Crippen LogP contribution in [0, 0.1) is 0 Å². The third-order valence-corrected chi connectivity index (χ3v) is 4.57. The van der Waals surface area contributed by atoms with Crippen LogP contribution in [0.5, 0.6) is 0 Å². The zero-order chi connectivity index (χ0) is 17.2. The first kappa shape index (κ1) is 15.9. The van der Waals surface area contributed by atoms with E-state index in [1.165, 1.54) is 6.33 Å². The summed E-state index contributed by atoms with van der Waals surface area (Å²) in [5, 5.41) is 0.639. The number of rotatable bonds is 3. The van der Waals surface area contributed by atoms with Crippen LogP contribution < -0.4 is 5.56 Å². The van der Waals surface area contributed by atoms with Gasteiger partial charge in [0.1, 0.15) is 12.2 Å². The molecule has 0 spiro atoms. The van der Waals surface area contributed by atoms with Gasteiger partial charge in [-0.15, -0.1) is 0 Å². The molecule has 0 saturated carbocycles. The van der Waals surface area contributed by atoms with E-state index in [4.69, 9.17) is 11.6 Å². The normalized spacial score (nSPS) is 14.3. The lowest BCUT2D eigenvalue weighted by molar-refractivity contribution is 0.242. The van der Waals surface area contributed by atoms with E-state index in [1.807, 2.05) is 6.07 Å². The molecule has 8 heteroatoms. The van der Waals surface area contributed by atoms with Gasteiger partial charge in [0, 0.05) is 50.8 Å². The Kier molecular flexibility index (Phi) is 4.25. The van der Waals surface area contributed by atoms with Crippen LogP contribution in [-0.4, -0.2) is 36.4 Å². The molecular weight excluding hydrogens is 340 g/mol. The molecular formula is C17H15ClN6O. The van der Waals surface area contributed by atoms with Crippen LogP contribution in [0.1, 0.15) is 16.8 Å². The third-order valence-electron chi connectivity index (χ3n) is 4.23. The summed E-state index contributed by atoms with van der Waals surface area (Å²) in [4.78, 5) is 34.1. The quantitative estimate of drug-likeness (QED) is 0.772. The first-order valence-electron chi connectivity index (χ1n) is 7.89. The topological polar surface area (TPSA) is 87.7 Å². The Morgan fingerprint density at radius 1 is 1.20 bits per heavy atom. The molecule has 0 fully saturated rings. The first-order valence-corrected chi connectivity index (χ1v) is 8.26. The van der Waals surface area contributed by atoms with Crippen LogP contribution in [0.3, 0.4) is 0 Å². The highest BCUT2D eigenvalue weighted by Gasteiger charge is 2.22. The Labute approximate surface area is 148 Å². The molecule has 0 bridgehead atoms. The van der Waals surface area contributed by atoms with Gasteiger partial charge in [0.15, 0.2) is 0 Å². The zero-order valence-corrected chi connectivity index (χ0v) is 14.1. The van der Waals surface area contributed by atoms with Gasteiger partial charge in [-0.25, -0.2) is 15.0 Å². The molecule has 3 aromatic rings. The summed E-state index contributed by atoms with van der Waals surface area (Å²) in [6, 6.07) is 1.90. The second kappa shape index (κ2) is 6.70. The second-order valence-electron chi connectivity index (χ2n) is 5.89. The van der Waals surface area contributed by atoms with Gasteiger partial charge in [-0.1, -0.05) is 11.6 Å². The van der Waals surface area contributed by atoms with Gasteiger partial charge >= 0.3 is 0 Å². The Hall–Kier alpha value is -2.64. The number of fused-ring (bicyclic) bond motifs is 1. The molecule has 3 aromatic heterocycles. The predicted molar refractivity (Wildman–Crippen MR) is 92.9 cm³/mol. The van der Waals surface area contributed by atoms with Crippen molar-refractivity contribution in [1.82, 2.24) is 29.8 Å². The third kappa shape index (κ3) is 3.29. The minimum absolute atomic E-state index is 0.116. The number of hydrogen-bond acceptors (Lipinski definition) is 6. The van der Waals surface area contributed by atoms with Gasteiger partial charge in [-0.2, -0.15) is 0 Å². The van der Waals surface area contributed by atoms with Crippen LogP contribution in [-0.2, 0) is 19.5 Å². The Morgan fingerprint density at radius 2 is 2.04 bits per heavy atom. The number of hydrogen-bond donors (Lipinski definition) is 1. The van der Waals surface area contributed by atoms with Crippen molar-refractivity contribution in [1.29, 1.82) is 0 Å². The van der Waals surface area contributed by atoms with Crippen LogP contribution in [0.25, 0.3) is 11.4 Å². The predicted octanol–water partition coefficient (Wildman–Crippen LogP) is 1.83. The SMILES string of the molecule is O=c1[nH]c(-c2cncnc2)nc2c1CN(Cc1ccncc1Cl)CC2. The van der Waals surface area contributed by atoms with Gasteiger partial charge in [0.25, 0.3) is 5.56 Å². The van der Waals surface area contributed by atoms with E-state index in [-0.39, 0.29) is 5.56 Å². The van der Waals surface area contributed by atoms with Crippen LogP contribution in [0.4, 0.5) is 0 Å². The van der Waals surface area contributed by atoms with Crippen LogP contribution >= 0.6 is 11.6 Å². The Bertz CT molecular complexity index is 959. The molecule has 0 radical (unpaired) electrons. The summed E-state index contributed by atoms with van der Waals surface area (Å²) < 4.78 is 0. The van der Waals surface area contributed by atoms with E-state index in [2.05, 4.69) is 29.8 Å². The number of H-pyrrole nitrogens is 1. The largest absolute Gasteiger partial charge is 0.306 e. The number of pyridine rings is 1. The van der Waals surface area contributed by atoms with Crippen molar-refractivity contribution in [2.45, 2.75) is 19.5 Å². The van der Waals surface area contributed by atoms with Gasteiger partial charge < -0.3 is 4.98 Å².